The second-order valence-corrected chi connectivity index (χ2v) is 9.41. The number of hydrogen-bond acceptors (Lipinski definition) is 8. The lowest BCUT2D eigenvalue weighted by Gasteiger charge is -2.26. The molecule has 7 atom stereocenters. The van der Waals surface area contributed by atoms with Crippen molar-refractivity contribution in [2.24, 2.45) is 5.92 Å². The van der Waals surface area contributed by atoms with E-state index in [1.54, 1.807) is 6.07 Å². The smallest absolute Gasteiger partial charge is 0.345 e. The minimum atomic E-state index is -1.30. The number of furan rings is 1. The number of rotatable bonds is 3. The summed E-state index contributed by atoms with van der Waals surface area (Å²) in [4.78, 5) is 37.0. The van der Waals surface area contributed by atoms with Crippen molar-refractivity contribution in [2.45, 2.75) is 82.6 Å². The molecule has 3 saturated heterocycles. The molecule has 8 nitrogen and oxygen atoms in total. The zero-order valence-electron chi connectivity index (χ0n) is 18.1. The molecular weight excluding hydrogens is 404 g/mol. The predicted molar refractivity (Wildman–Crippen MR) is 105 cm³/mol. The Morgan fingerprint density at radius 2 is 1.97 bits per heavy atom. The fourth-order valence-electron chi connectivity index (χ4n) is 5.15. The van der Waals surface area contributed by atoms with Crippen molar-refractivity contribution in [1.82, 2.24) is 0 Å². The summed E-state index contributed by atoms with van der Waals surface area (Å²) in [5.41, 5.74) is -0.567. The Labute approximate surface area is 179 Å². The number of ether oxygens (including phenoxy) is 4. The van der Waals surface area contributed by atoms with Gasteiger partial charge in [-0.05, 0) is 39.2 Å². The second kappa shape index (κ2) is 6.53. The maximum absolute atomic E-state index is 12.9. The van der Waals surface area contributed by atoms with Gasteiger partial charge in [-0.15, -0.1) is 0 Å². The molecule has 1 aromatic rings. The Hall–Kier alpha value is -2.45. The van der Waals surface area contributed by atoms with Crippen LogP contribution in [0.1, 0.15) is 68.5 Å². The molecule has 0 N–H and O–H groups in total. The molecule has 166 valence electrons. The SMILES string of the molecule is C=C(C)[C@@H]1Cc2oc(cc2C(C)=O)[C@@H]2O[C@@]2(C)C[C@H]2OC(=O)[C@@]3(O[C@H]23)[C@@H](OC(C)=O)C1. The van der Waals surface area contributed by atoms with Crippen LogP contribution in [-0.4, -0.2) is 47.2 Å². The van der Waals surface area contributed by atoms with Crippen molar-refractivity contribution in [3.8, 4) is 0 Å². The van der Waals surface area contributed by atoms with Gasteiger partial charge in [0.2, 0.25) is 5.60 Å². The van der Waals surface area contributed by atoms with Crippen LogP contribution >= 0.6 is 0 Å². The lowest BCUT2D eigenvalue weighted by Crippen LogP contribution is -2.42. The van der Waals surface area contributed by atoms with Crippen molar-refractivity contribution < 1.29 is 37.7 Å². The molecule has 0 aromatic carbocycles. The minimum absolute atomic E-state index is 0.0980. The van der Waals surface area contributed by atoms with Crippen LogP contribution in [0.5, 0.6) is 0 Å². The van der Waals surface area contributed by atoms with Crippen LogP contribution in [0.4, 0.5) is 0 Å². The quantitative estimate of drug-likeness (QED) is 0.312. The number of hydrogen-bond donors (Lipinski definition) is 0. The minimum Gasteiger partial charge on any atom is -0.462 e. The standard InChI is InChI=1S/C23H26O8/c1-10(2)13-6-15-14(11(3)24)8-16(28-15)19-22(5,30-19)9-17-20-23(31-20,21(26)29-17)18(7-13)27-12(4)25/h8,13,17-20H,1,6-7,9H2,2-5H3/t13-,17-,18+,19+,20-,22+,23-/m1/s1. The molecule has 0 unspecified atom stereocenters. The van der Waals surface area contributed by atoms with E-state index >= 15 is 0 Å². The number of allylic oxidation sites excluding steroid dienone is 1. The first-order valence-corrected chi connectivity index (χ1v) is 10.6. The van der Waals surface area contributed by atoms with Gasteiger partial charge < -0.3 is 23.4 Å². The summed E-state index contributed by atoms with van der Waals surface area (Å²) in [6.07, 6.45) is -1.06. The zero-order valence-corrected chi connectivity index (χ0v) is 18.1. The van der Waals surface area contributed by atoms with Gasteiger partial charge in [0, 0.05) is 19.8 Å². The fraction of sp³-hybridized carbons (Fsp3) is 0.609. The van der Waals surface area contributed by atoms with Crippen molar-refractivity contribution in [2.75, 3.05) is 0 Å². The van der Waals surface area contributed by atoms with E-state index in [1.165, 1.54) is 13.8 Å². The van der Waals surface area contributed by atoms with Gasteiger partial charge in [-0.1, -0.05) is 12.2 Å². The van der Waals surface area contributed by atoms with Crippen LogP contribution in [-0.2, 0) is 35.0 Å². The third-order valence-electron chi connectivity index (χ3n) is 6.97. The fourth-order valence-corrected chi connectivity index (χ4v) is 5.15. The van der Waals surface area contributed by atoms with Gasteiger partial charge in [0.25, 0.3) is 0 Å². The predicted octanol–water partition coefficient (Wildman–Crippen LogP) is 2.84. The maximum Gasteiger partial charge on any atom is 0.345 e. The average molecular weight is 430 g/mol. The number of esters is 2. The van der Waals surface area contributed by atoms with Crippen molar-refractivity contribution in [1.29, 1.82) is 0 Å². The summed E-state index contributed by atoms with van der Waals surface area (Å²) in [5, 5.41) is 0. The normalized spacial score (nSPS) is 40.3. The van der Waals surface area contributed by atoms with Gasteiger partial charge in [0.05, 0.1) is 5.56 Å². The zero-order chi connectivity index (χ0) is 22.3. The van der Waals surface area contributed by atoms with Gasteiger partial charge in [0.15, 0.2) is 5.78 Å². The maximum atomic E-state index is 12.9. The third-order valence-corrected chi connectivity index (χ3v) is 6.97. The van der Waals surface area contributed by atoms with Crippen LogP contribution < -0.4 is 0 Å². The van der Waals surface area contributed by atoms with Crippen LogP contribution in [0.3, 0.4) is 0 Å². The highest BCUT2D eigenvalue weighted by Crippen LogP contribution is 2.59. The summed E-state index contributed by atoms with van der Waals surface area (Å²) in [7, 11) is 0. The Balaban J connectivity index is 1.58. The summed E-state index contributed by atoms with van der Waals surface area (Å²) in [5.74, 6) is -0.177. The highest BCUT2D eigenvalue weighted by molar-refractivity contribution is 5.95. The molecule has 1 aromatic heterocycles. The third kappa shape index (κ3) is 3.07. The molecule has 4 aliphatic rings. The van der Waals surface area contributed by atoms with E-state index < -0.39 is 41.5 Å². The number of carbonyl (C=O) groups is 3. The second-order valence-electron chi connectivity index (χ2n) is 9.41. The number of fused-ring (bicyclic) bond motifs is 4. The Morgan fingerprint density at radius 3 is 2.58 bits per heavy atom. The number of ketones is 1. The summed E-state index contributed by atoms with van der Waals surface area (Å²) in [6.45, 7) is 10.7. The van der Waals surface area contributed by atoms with E-state index in [2.05, 4.69) is 6.58 Å². The van der Waals surface area contributed by atoms with Gasteiger partial charge in [0.1, 0.15) is 41.5 Å². The number of Topliss-reactive ketones (excluding diaryl/α,β-unsaturated/α-hetero) is 1. The van der Waals surface area contributed by atoms with Gasteiger partial charge in [-0.2, -0.15) is 0 Å². The molecule has 31 heavy (non-hydrogen) atoms. The van der Waals surface area contributed by atoms with E-state index in [1.807, 2.05) is 13.8 Å². The first kappa shape index (κ1) is 20.5. The van der Waals surface area contributed by atoms with E-state index in [-0.39, 0.29) is 17.8 Å². The van der Waals surface area contributed by atoms with Gasteiger partial charge >= 0.3 is 11.9 Å². The highest BCUT2D eigenvalue weighted by Gasteiger charge is 2.79. The molecule has 0 radical (unpaired) electrons. The van der Waals surface area contributed by atoms with Gasteiger partial charge in [-0.3, -0.25) is 9.59 Å². The molecule has 5 heterocycles. The lowest BCUT2D eigenvalue weighted by molar-refractivity contribution is -0.165. The van der Waals surface area contributed by atoms with Crippen LogP contribution in [0.15, 0.2) is 22.6 Å². The van der Waals surface area contributed by atoms with E-state index in [0.717, 1.165) is 5.57 Å². The van der Waals surface area contributed by atoms with Crippen LogP contribution in [0.2, 0.25) is 0 Å². The van der Waals surface area contributed by atoms with E-state index in [4.69, 9.17) is 23.4 Å². The van der Waals surface area contributed by atoms with Crippen LogP contribution in [0.25, 0.3) is 0 Å². The Bertz CT molecular complexity index is 1010. The highest BCUT2D eigenvalue weighted by atomic mass is 16.7. The number of epoxide rings is 2. The van der Waals surface area contributed by atoms with Gasteiger partial charge in [-0.25, -0.2) is 4.79 Å². The molecular formula is C23H26O8. The number of carbonyl (C=O) groups excluding carboxylic acids is 3. The summed E-state index contributed by atoms with van der Waals surface area (Å²) in [6, 6.07) is 1.75. The van der Waals surface area contributed by atoms with E-state index in [0.29, 0.717) is 36.3 Å². The van der Waals surface area contributed by atoms with Crippen molar-refractivity contribution >= 4 is 17.7 Å². The molecule has 8 heteroatoms. The van der Waals surface area contributed by atoms with Crippen LogP contribution in [0, 0.1) is 5.92 Å². The first-order chi connectivity index (χ1) is 14.5. The van der Waals surface area contributed by atoms with E-state index in [9.17, 15) is 14.4 Å². The monoisotopic (exact) mass is 430 g/mol. The molecule has 0 spiro atoms. The topological polar surface area (TPSA) is 108 Å². The Morgan fingerprint density at radius 1 is 1.23 bits per heavy atom. The summed E-state index contributed by atoms with van der Waals surface area (Å²) < 4.78 is 29.2. The molecule has 0 aliphatic carbocycles. The largest absolute Gasteiger partial charge is 0.462 e. The molecule has 3 fully saturated rings. The molecule has 4 bridgehead atoms. The van der Waals surface area contributed by atoms with Crippen molar-refractivity contribution in [3.63, 3.8) is 0 Å². The first-order valence-electron chi connectivity index (χ1n) is 10.6. The molecule has 0 saturated carbocycles. The molecule has 5 rings (SSSR count). The lowest BCUT2D eigenvalue weighted by atomic mass is 9.83. The molecule has 4 aliphatic heterocycles. The average Bonchev–Trinajstić information content (AvgIpc) is 3.48. The van der Waals surface area contributed by atoms with Crippen molar-refractivity contribution in [3.05, 3.63) is 35.3 Å². The molecule has 0 amide bonds. The Kier molecular flexibility index (Phi) is 4.31. The summed E-state index contributed by atoms with van der Waals surface area (Å²) >= 11 is 0.